The Bertz CT molecular complexity index is 907. The Morgan fingerprint density at radius 1 is 1.17 bits per heavy atom. The number of aromatic nitrogens is 2. The van der Waals surface area contributed by atoms with Gasteiger partial charge in [-0.25, -0.2) is 9.97 Å². The second kappa shape index (κ2) is 8.34. The number of rotatable bonds is 5. The first-order valence-corrected chi connectivity index (χ1v) is 11.0. The molecule has 1 unspecified atom stereocenters. The van der Waals surface area contributed by atoms with Gasteiger partial charge in [-0.3, -0.25) is 4.79 Å². The van der Waals surface area contributed by atoms with Gasteiger partial charge in [0.1, 0.15) is 11.4 Å². The molecule has 1 saturated heterocycles. The number of benzene rings is 1. The lowest BCUT2D eigenvalue weighted by molar-refractivity contribution is -0.149. The zero-order chi connectivity index (χ0) is 21.3. The Labute approximate surface area is 179 Å². The molecule has 6 nitrogen and oxygen atoms in total. The highest BCUT2D eigenvalue weighted by Crippen LogP contribution is 2.35. The lowest BCUT2D eigenvalue weighted by Gasteiger charge is -2.33. The van der Waals surface area contributed by atoms with Crippen molar-refractivity contribution in [1.29, 1.82) is 0 Å². The van der Waals surface area contributed by atoms with Crippen LogP contribution in [-0.4, -0.2) is 51.1 Å². The Hall–Kier alpha value is -2.47. The van der Waals surface area contributed by atoms with Crippen molar-refractivity contribution >= 4 is 11.7 Å². The number of amides is 1. The maximum Gasteiger partial charge on any atom is 0.254 e. The first kappa shape index (κ1) is 20.8. The molecule has 1 atom stereocenters. The highest BCUT2D eigenvalue weighted by Gasteiger charge is 2.39. The average Bonchev–Trinajstić information content (AvgIpc) is 3.21. The van der Waals surface area contributed by atoms with E-state index in [0.29, 0.717) is 12.4 Å². The van der Waals surface area contributed by atoms with Crippen LogP contribution in [0.4, 0.5) is 5.82 Å². The quantitative estimate of drug-likeness (QED) is 0.823. The monoisotopic (exact) mass is 408 g/mol. The Balaban J connectivity index is 1.61. The topological polar surface area (TPSA) is 69.6 Å². The van der Waals surface area contributed by atoms with Crippen molar-refractivity contribution in [3.8, 4) is 0 Å². The third kappa shape index (κ3) is 4.19. The lowest BCUT2D eigenvalue weighted by Crippen LogP contribution is -2.45. The predicted octanol–water partition coefficient (Wildman–Crippen LogP) is 3.21. The van der Waals surface area contributed by atoms with Crippen LogP contribution in [-0.2, 0) is 17.6 Å². The van der Waals surface area contributed by atoms with E-state index in [0.717, 1.165) is 56.7 Å². The van der Waals surface area contributed by atoms with Gasteiger partial charge in [0, 0.05) is 30.9 Å². The molecule has 0 radical (unpaired) electrons. The molecule has 2 aliphatic heterocycles. The smallest absolute Gasteiger partial charge is 0.254 e. The van der Waals surface area contributed by atoms with Crippen LogP contribution in [0.25, 0.3) is 0 Å². The number of nitrogens with zero attached hydrogens (tertiary/aromatic N) is 4. The molecular formula is C24H32N4O2. The third-order valence-electron chi connectivity index (χ3n) is 6.21. The van der Waals surface area contributed by atoms with Gasteiger partial charge < -0.3 is 14.9 Å². The molecule has 1 fully saturated rings. The minimum Gasteiger partial charge on any atom is -0.381 e. The number of aryl methyl sites for hydroxylation is 1. The Morgan fingerprint density at radius 3 is 2.67 bits per heavy atom. The predicted molar refractivity (Wildman–Crippen MR) is 117 cm³/mol. The summed E-state index contributed by atoms with van der Waals surface area (Å²) in [5.74, 6) is 1.50. The van der Waals surface area contributed by atoms with E-state index in [1.54, 1.807) is 18.7 Å². The molecule has 2 aromatic rings. The number of hydrogen-bond donors (Lipinski definition) is 1. The number of anilines is 1. The fourth-order valence-electron chi connectivity index (χ4n) is 4.61. The van der Waals surface area contributed by atoms with E-state index in [1.165, 1.54) is 11.1 Å². The van der Waals surface area contributed by atoms with Gasteiger partial charge in [-0.15, -0.1) is 0 Å². The standard InChI is InChI=1S/C24H32N4O2/c1-17-19-11-7-14-27(16-13-18-9-5-4-6-10-18)22(19)26-21(25-17)20-12-8-15-28(20)23(29)24(2,3)30/h4-6,9-10,20,30H,7-8,11-16H2,1-3H3. The Kier molecular flexibility index (Phi) is 5.78. The molecule has 1 N–H and O–H groups in total. The van der Waals surface area contributed by atoms with Crippen LogP contribution in [0.1, 0.15) is 61.8 Å². The molecule has 6 heteroatoms. The van der Waals surface area contributed by atoms with Crippen molar-refractivity contribution in [2.45, 2.75) is 64.5 Å². The second-order valence-corrected chi connectivity index (χ2v) is 9.01. The van der Waals surface area contributed by atoms with Crippen molar-refractivity contribution < 1.29 is 9.90 Å². The van der Waals surface area contributed by atoms with E-state index >= 15 is 0 Å². The first-order chi connectivity index (χ1) is 14.3. The molecule has 2 aliphatic rings. The number of carbonyl (C=O) groups is 1. The van der Waals surface area contributed by atoms with Crippen LogP contribution >= 0.6 is 0 Å². The Morgan fingerprint density at radius 2 is 1.93 bits per heavy atom. The summed E-state index contributed by atoms with van der Waals surface area (Å²) >= 11 is 0. The zero-order valence-electron chi connectivity index (χ0n) is 18.3. The van der Waals surface area contributed by atoms with E-state index in [9.17, 15) is 9.90 Å². The highest BCUT2D eigenvalue weighted by atomic mass is 16.3. The molecule has 160 valence electrons. The van der Waals surface area contributed by atoms with Gasteiger partial charge in [-0.2, -0.15) is 0 Å². The number of fused-ring (bicyclic) bond motifs is 1. The molecule has 0 spiro atoms. The normalized spacial score (nSPS) is 19.1. The van der Waals surface area contributed by atoms with E-state index < -0.39 is 5.60 Å². The fraction of sp³-hybridized carbons (Fsp3) is 0.542. The highest BCUT2D eigenvalue weighted by molar-refractivity contribution is 5.84. The average molecular weight is 409 g/mol. The summed E-state index contributed by atoms with van der Waals surface area (Å²) in [4.78, 5) is 26.7. The molecule has 1 aromatic heterocycles. The van der Waals surface area contributed by atoms with E-state index in [-0.39, 0.29) is 11.9 Å². The van der Waals surface area contributed by atoms with Crippen molar-refractivity contribution in [2.75, 3.05) is 24.5 Å². The van der Waals surface area contributed by atoms with Crippen LogP contribution in [0.3, 0.4) is 0 Å². The number of likely N-dealkylation sites (tertiary alicyclic amines) is 1. The van der Waals surface area contributed by atoms with Gasteiger partial charge >= 0.3 is 0 Å². The van der Waals surface area contributed by atoms with Gasteiger partial charge in [0.15, 0.2) is 5.82 Å². The fourth-order valence-corrected chi connectivity index (χ4v) is 4.61. The maximum atomic E-state index is 12.8. The molecule has 1 amide bonds. The van der Waals surface area contributed by atoms with Crippen LogP contribution in [0.15, 0.2) is 30.3 Å². The molecule has 0 bridgehead atoms. The van der Waals surface area contributed by atoms with Crippen molar-refractivity contribution in [3.63, 3.8) is 0 Å². The molecule has 1 aromatic carbocycles. The van der Waals surface area contributed by atoms with Gasteiger partial charge in [0.05, 0.1) is 6.04 Å². The van der Waals surface area contributed by atoms with Crippen LogP contribution in [0.5, 0.6) is 0 Å². The zero-order valence-corrected chi connectivity index (χ0v) is 18.3. The van der Waals surface area contributed by atoms with Crippen LogP contribution in [0.2, 0.25) is 0 Å². The van der Waals surface area contributed by atoms with Crippen molar-refractivity contribution in [1.82, 2.24) is 14.9 Å². The summed E-state index contributed by atoms with van der Waals surface area (Å²) in [6.45, 7) is 7.72. The third-order valence-corrected chi connectivity index (χ3v) is 6.21. The summed E-state index contributed by atoms with van der Waals surface area (Å²) in [5.41, 5.74) is 2.19. The molecule has 3 heterocycles. The number of carbonyl (C=O) groups excluding carboxylic acids is 1. The minimum atomic E-state index is -1.38. The summed E-state index contributed by atoms with van der Waals surface area (Å²) < 4.78 is 0. The van der Waals surface area contributed by atoms with Gasteiger partial charge in [-0.05, 0) is 58.4 Å². The first-order valence-electron chi connectivity index (χ1n) is 11.0. The summed E-state index contributed by atoms with van der Waals surface area (Å²) in [5, 5.41) is 10.2. The minimum absolute atomic E-state index is 0.161. The van der Waals surface area contributed by atoms with Crippen LogP contribution < -0.4 is 4.90 Å². The number of aliphatic hydroxyl groups is 1. The molecule has 4 rings (SSSR count). The summed E-state index contributed by atoms with van der Waals surface area (Å²) in [6, 6.07) is 10.4. The molecule has 0 saturated carbocycles. The van der Waals surface area contributed by atoms with E-state index in [2.05, 4.69) is 36.1 Å². The van der Waals surface area contributed by atoms with E-state index in [1.807, 2.05) is 6.07 Å². The summed E-state index contributed by atoms with van der Waals surface area (Å²) in [6.07, 6.45) is 4.83. The lowest BCUT2D eigenvalue weighted by atomic mass is 10.0. The molecular weight excluding hydrogens is 376 g/mol. The maximum absolute atomic E-state index is 12.8. The van der Waals surface area contributed by atoms with Crippen molar-refractivity contribution in [3.05, 3.63) is 53.0 Å². The molecule has 30 heavy (non-hydrogen) atoms. The second-order valence-electron chi connectivity index (χ2n) is 9.01. The van der Waals surface area contributed by atoms with Gasteiger partial charge in [0.2, 0.25) is 0 Å². The van der Waals surface area contributed by atoms with Crippen molar-refractivity contribution in [2.24, 2.45) is 0 Å². The molecule has 0 aliphatic carbocycles. The summed E-state index contributed by atoms with van der Waals surface area (Å²) in [7, 11) is 0. The SMILES string of the molecule is Cc1nc(C2CCCN2C(=O)C(C)(C)O)nc2c1CCCN2CCc1ccccc1. The van der Waals surface area contributed by atoms with Gasteiger partial charge in [-0.1, -0.05) is 30.3 Å². The van der Waals surface area contributed by atoms with Crippen LogP contribution in [0, 0.1) is 6.92 Å². The number of hydrogen-bond acceptors (Lipinski definition) is 5. The van der Waals surface area contributed by atoms with E-state index in [4.69, 9.17) is 9.97 Å². The van der Waals surface area contributed by atoms with Gasteiger partial charge in [0.25, 0.3) is 5.91 Å². The largest absolute Gasteiger partial charge is 0.381 e.